The van der Waals surface area contributed by atoms with Gasteiger partial charge in [-0.25, -0.2) is 14.0 Å². The number of carbonyl (C=O) groups excluding carboxylic acids is 3. The second-order valence-corrected chi connectivity index (χ2v) is 12.1. The third-order valence-corrected chi connectivity index (χ3v) is 8.45. The van der Waals surface area contributed by atoms with E-state index in [1.165, 1.54) is 19.2 Å². The van der Waals surface area contributed by atoms with E-state index >= 15 is 0 Å². The molecule has 3 aliphatic rings. The summed E-state index contributed by atoms with van der Waals surface area (Å²) in [6.45, 7) is 10.2. The van der Waals surface area contributed by atoms with E-state index in [0.717, 1.165) is 43.1 Å². The lowest BCUT2D eigenvalue weighted by Gasteiger charge is -2.36. The van der Waals surface area contributed by atoms with Crippen molar-refractivity contribution in [3.63, 3.8) is 0 Å². The molecule has 0 radical (unpaired) electrons. The molecule has 41 heavy (non-hydrogen) atoms. The normalized spacial score (nSPS) is 23.4. The number of nitrogens with zero attached hydrogens (tertiary/aromatic N) is 2. The molecular formula is C31H45FN4O5. The summed E-state index contributed by atoms with van der Waals surface area (Å²) in [4.78, 5) is 46.7. The van der Waals surface area contributed by atoms with Crippen molar-refractivity contribution in [3.05, 3.63) is 35.8 Å². The smallest absolute Gasteiger partial charge is 0.409 e. The minimum Gasteiger partial charge on any atom is -0.453 e. The van der Waals surface area contributed by atoms with Crippen molar-refractivity contribution in [1.82, 2.24) is 20.1 Å². The van der Waals surface area contributed by atoms with Crippen LogP contribution in [0.3, 0.4) is 0 Å². The minimum absolute atomic E-state index is 0.0189. The van der Waals surface area contributed by atoms with Gasteiger partial charge in [0.1, 0.15) is 17.5 Å². The number of aromatic nitrogens is 1. The minimum atomic E-state index is -0.705. The lowest BCUT2D eigenvalue weighted by atomic mass is 9.83. The number of likely N-dealkylation sites (tertiary alicyclic amines) is 2. The van der Waals surface area contributed by atoms with E-state index in [9.17, 15) is 18.8 Å². The Hall–Kier alpha value is -3.30. The van der Waals surface area contributed by atoms with Gasteiger partial charge in [-0.3, -0.25) is 4.79 Å². The fourth-order valence-corrected chi connectivity index (χ4v) is 6.84. The topological polar surface area (TPSA) is 104 Å². The highest BCUT2D eigenvalue weighted by Gasteiger charge is 2.54. The molecule has 5 rings (SSSR count). The van der Waals surface area contributed by atoms with Crippen molar-refractivity contribution >= 4 is 29.0 Å². The average molecular weight is 573 g/mol. The lowest BCUT2D eigenvalue weighted by molar-refractivity contribution is -0.136. The van der Waals surface area contributed by atoms with Crippen molar-refractivity contribution < 1.29 is 28.2 Å². The Morgan fingerprint density at radius 3 is 2.44 bits per heavy atom. The van der Waals surface area contributed by atoms with Crippen molar-refractivity contribution in [2.45, 2.75) is 103 Å². The maximum atomic E-state index is 14.3. The molecule has 3 heterocycles. The number of halogens is 1. The third kappa shape index (κ3) is 6.46. The molecule has 0 bridgehead atoms. The molecule has 3 unspecified atom stereocenters. The molecule has 1 aliphatic carbocycles. The molecule has 1 aromatic carbocycles. The fraction of sp³-hybridized carbons (Fsp3) is 0.645. The van der Waals surface area contributed by atoms with Gasteiger partial charge in [0.2, 0.25) is 5.91 Å². The number of alkyl carbamates (subject to hydrolysis) is 1. The number of carbonyl (C=O) groups is 3. The van der Waals surface area contributed by atoms with Crippen LogP contribution in [0.4, 0.5) is 14.0 Å². The first kappa shape index (κ1) is 30.7. The van der Waals surface area contributed by atoms with Crippen LogP contribution in [-0.2, 0) is 14.3 Å². The van der Waals surface area contributed by atoms with Gasteiger partial charge in [0.05, 0.1) is 19.2 Å². The SMILES string of the molecule is CC.COC(=O)N1C[C@H](c2c[nH]c3cc(F)ccc23)C2C1CCN2C(=O)C(NC(=O)OC(C)(C)C)C1CCCCC1. The molecule has 2 aromatic rings. The first-order valence-corrected chi connectivity index (χ1v) is 15.0. The number of ether oxygens (including phenoxy) is 2. The predicted molar refractivity (Wildman–Crippen MR) is 155 cm³/mol. The van der Waals surface area contributed by atoms with Gasteiger partial charge in [0.15, 0.2) is 0 Å². The van der Waals surface area contributed by atoms with Gasteiger partial charge >= 0.3 is 12.2 Å². The summed E-state index contributed by atoms with van der Waals surface area (Å²) < 4.78 is 24.5. The second-order valence-electron chi connectivity index (χ2n) is 12.1. The molecule has 2 aliphatic heterocycles. The summed E-state index contributed by atoms with van der Waals surface area (Å²) in [7, 11) is 1.36. The zero-order valence-corrected chi connectivity index (χ0v) is 25.2. The van der Waals surface area contributed by atoms with Crippen molar-refractivity contribution in [2.24, 2.45) is 5.92 Å². The monoisotopic (exact) mass is 572 g/mol. The van der Waals surface area contributed by atoms with Gasteiger partial charge in [0.25, 0.3) is 0 Å². The van der Waals surface area contributed by atoms with Gasteiger partial charge in [-0.1, -0.05) is 33.1 Å². The molecule has 3 fully saturated rings. The molecule has 4 atom stereocenters. The highest BCUT2D eigenvalue weighted by Crippen LogP contribution is 2.44. The Morgan fingerprint density at radius 1 is 1.07 bits per heavy atom. The number of amides is 3. The molecule has 1 aromatic heterocycles. The van der Waals surface area contributed by atoms with Gasteiger partial charge < -0.3 is 29.6 Å². The number of hydrogen-bond acceptors (Lipinski definition) is 5. The average Bonchev–Trinajstić information content (AvgIpc) is 3.66. The van der Waals surface area contributed by atoms with Crippen LogP contribution in [-0.4, -0.2) is 76.8 Å². The Bertz CT molecular complexity index is 1230. The van der Waals surface area contributed by atoms with Gasteiger partial charge in [-0.2, -0.15) is 0 Å². The van der Waals surface area contributed by atoms with Crippen LogP contribution in [0, 0.1) is 11.7 Å². The third-order valence-electron chi connectivity index (χ3n) is 8.45. The number of H-pyrrole nitrogens is 1. The zero-order valence-electron chi connectivity index (χ0n) is 25.2. The zero-order chi connectivity index (χ0) is 29.9. The quantitative estimate of drug-likeness (QED) is 0.472. The Morgan fingerprint density at radius 2 is 1.78 bits per heavy atom. The number of benzene rings is 1. The van der Waals surface area contributed by atoms with Crippen LogP contribution >= 0.6 is 0 Å². The van der Waals surface area contributed by atoms with Crippen LogP contribution in [0.15, 0.2) is 24.4 Å². The van der Waals surface area contributed by atoms with E-state index < -0.39 is 23.8 Å². The maximum absolute atomic E-state index is 14.3. The van der Waals surface area contributed by atoms with E-state index in [1.54, 1.807) is 31.7 Å². The number of hydrogen-bond donors (Lipinski definition) is 2. The van der Waals surface area contributed by atoms with E-state index in [1.807, 2.05) is 24.9 Å². The molecule has 2 N–H and O–H groups in total. The van der Waals surface area contributed by atoms with Gasteiger partial charge in [0, 0.05) is 36.1 Å². The largest absolute Gasteiger partial charge is 0.453 e. The summed E-state index contributed by atoms with van der Waals surface area (Å²) in [6.07, 6.45) is 6.31. The van der Waals surface area contributed by atoms with E-state index in [0.29, 0.717) is 25.0 Å². The maximum Gasteiger partial charge on any atom is 0.409 e. The highest BCUT2D eigenvalue weighted by molar-refractivity contribution is 5.88. The Labute approximate surface area is 242 Å². The molecule has 9 nitrogen and oxygen atoms in total. The molecule has 2 saturated heterocycles. The first-order valence-electron chi connectivity index (χ1n) is 15.0. The van der Waals surface area contributed by atoms with Crippen molar-refractivity contribution in [1.29, 1.82) is 0 Å². The van der Waals surface area contributed by atoms with E-state index in [4.69, 9.17) is 9.47 Å². The van der Waals surface area contributed by atoms with Crippen molar-refractivity contribution in [3.8, 4) is 0 Å². The van der Waals surface area contributed by atoms with E-state index in [-0.39, 0.29) is 35.6 Å². The number of nitrogens with one attached hydrogen (secondary N) is 2. The summed E-state index contributed by atoms with van der Waals surface area (Å²) in [5, 5.41) is 3.79. The number of rotatable bonds is 4. The van der Waals surface area contributed by atoms with E-state index in [2.05, 4.69) is 10.3 Å². The van der Waals surface area contributed by atoms with Crippen LogP contribution in [0.5, 0.6) is 0 Å². The van der Waals surface area contributed by atoms with Gasteiger partial charge in [-0.05, 0) is 69.7 Å². The molecule has 10 heteroatoms. The van der Waals surface area contributed by atoms with Gasteiger partial charge in [-0.15, -0.1) is 0 Å². The first-order chi connectivity index (χ1) is 19.6. The predicted octanol–water partition coefficient (Wildman–Crippen LogP) is 5.94. The number of methoxy groups -OCH3 is 1. The highest BCUT2D eigenvalue weighted by atomic mass is 19.1. The molecule has 3 amide bonds. The number of fused-ring (bicyclic) bond motifs is 2. The molecule has 0 spiro atoms. The standard InChI is InChI=1S/C29H39FN4O5.C2H6/c1-29(2,3)39-27(36)32-24(17-8-6-5-7-9-17)26(35)33-13-12-23-25(33)21(16-34(23)28(37)38-4)20-15-31-22-14-18(30)10-11-19(20)22;1-2/h10-11,14-15,17,21,23-25,31H,5-9,12-13,16H2,1-4H3,(H,32,36);1-2H3/t21-,23?,24?,25?;/m1./s1. The van der Waals surface area contributed by atoms with Crippen LogP contribution in [0.25, 0.3) is 10.9 Å². The Balaban J connectivity index is 0.00000189. The van der Waals surface area contributed by atoms with Crippen molar-refractivity contribution in [2.75, 3.05) is 20.2 Å². The summed E-state index contributed by atoms with van der Waals surface area (Å²) in [6, 6.07) is 3.39. The summed E-state index contributed by atoms with van der Waals surface area (Å²) in [5.41, 5.74) is 0.913. The van der Waals surface area contributed by atoms with Crippen LogP contribution in [0.2, 0.25) is 0 Å². The summed E-state index contributed by atoms with van der Waals surface area (Å²) >= 11 is 0. The van der Waals surface area contributed by atoms with Crippen LogP contribution in [0.1, 0.15) is 84.6 Å². The lowest BCUT2D eigenvalue weighted by Crippen LogP contribution is -2.55. The fourth-order valence-electron chi connectivity index (χ4n) is 6.84. The second kappa shape index (κ2) is 12.7. The Kier molecular flexibility index (Phi) is 9.49. The number of aromatic amines is 1. The molecule has 1 saturated carbocycles. The molecular weight excluding hydrogens is 527 g/mol. The summed E-state index contributed by atoms with van der Waals surface area (Å²) in [5.74, 6) is -0.654. The molecule has 226 valence electrons. The van der Waals surface area contributed by atoms with Crippen LogP contribution < -0.4 is 5.32 Å².